The van der Waals surface area contributed by atoms with Crippen molar-refractivity contribution in [2.45, 2.75) is 51.2 Å². The maximum Gasteiger partial charge on any atom is 0.258 e. The van der Waals surface area contributed by atoms with Crippen LogP contribution >= 0.6 is 0 Å². The first kappa shape index (κ1) is 20.4. The van der Waals surface area contributed by atoms with Gasteiger partial charge in [-0.1, -0.05) is 12.8 Å². The van der Waals surface area contributed by atoms with Crippen molar-refractivity contribution in [1.82, 2.24) is 29.6 Å². The van der Waals surface area contributed by atoms with Crippen LogP contribution < -0.4 is 9.47 Å². The zero-order valence-corrected chi connectivity index (χ0v) is 18.5. The average Bonchev–Trinajstić information content (AvgIpc) is 3.27. The number of aryl methyl sites for hydroxylation is 1. The van der Waals surface area contributed by atoms with Crippen LogP contribution in [-0.4, -0.2) is 55.8 Å². The molecule has 9 heteroatoms. The third kappa shape index (κ3) is 3.28. The minimum absolute atomic E-state index is 0.0399. The van der Waals surface area contributed by atoms with Crippen LogP contribution in [0.3, 0.4) is 0 Å². The molecule has 3 aromatic rings. The number of hydrogen-bond donors (Lipinski definition) is 0. The summed E-state index contributed by atoms with van der Waals surface area (Å²) in [5.41, 5.74) is 2.15. The summed E-state index contributed by atoms with van der Waals surface area (Å²) in [5, 5.41) is 9.01. The fourth-order valence-electron chi connectivity index (χ4n) is 4.96. The zero-order chi connectivity index (χ0) is 22.2. The molecule has 1 saturated carbocycles. The summed E-state index contributed by atoms with van der Waals surface area (Å²) >= 11 is 0. The van der Waals surface area contributed by atoms with Crippen LogP contribution in [0.2, 0.25) is 0 Å². The number of ether oxygens (including phenoxy) is 2. The van der Waals surface area contributed by atoms with Crippen molar-refractivity contribution in [2.24, 2.45) is 0 Å². The van der Waals surface area contributed by atoms with E-state index >= 15 is 0 Å². The van der Waals surface area contributed by atoms with Crippen molar-refractivity contribution in [3.8, 4) is 22.9 Å². The molecule has 0 radical (unpaired) electrons. The molecule has 5 rings (SSSR count). The molecule has 166 valence electrons. The molecule has 3 heterocycles. The molecule has 2 aliphatic rings. The van der Waals surface area contributed by atoms with E-state index in [0.29, 0.717) is 29.3 Å². The molecule has 9 nitrogen and oxygen atoms in total. The predicted octanol–water partition coefficient (Wildman–Crippen LogP) is 3.20. The first-order valence-electron chi connectivity index (χ1n) is 10.9. The Morgan fingerprint density at radius 1 is 1.06 bits per heavy atom. The van der Waals surface area contributed by atoms with Gasteiger partial charge in [0.05, 0.1) is 44.1 Å². The SMILES string of the molecule is COc1ccc(-c2nnc3n2C2CCCCC2N(C(=O)c2cncnc2C)C3)cc1OC. The number of aromatic nitrogens is 5. The van der Waals surface area contributed by atoms with Crippen molar-refractivity contribution in [3.05, 3.63) is 47.8 Å². The Bertz CT molecular complexity index is 1160. The van der Waals surface area contributed by atoms with Gasteiger partial charge in [-0.15, -0.1) is 10.2 Å². The van der Waals surface area contributed by atoms with Gasteiger partial charge in [-0.05, 0) is 38.0 Å². The number of fused-ring (bicyclic) bond motifs is 3. The van der Waals surface area contributed by atoms with Crippen molar-refractivity contribution >= 4 is 5.91 Å². The van der Waals surface area contributed by atoms with Crippen LogP contribution in [-0.2, 0) is 6.54 Å². The highest BCUT2D eigenvalue weighted by Crippen LogP contribution is 2.41. The quantitative estimate of drug-likeness (QED) is 0.622. The summed E-state index contributed by atoms with van der Waals surface area (Å²) in [7, 11) is 3.24. The highest BCUT2D eigenvalue weighted by atomic mass is 16.5. The first-order valence-corrected chi connectivity index (χ1v) is 10.9. The van der Waals surface area contributed by atoms with Gasteiger partial charge in [0, 0.05) is 11.8 Å². The standard InChI is InChI=1S/C23H26N6O3/c1-14-16(11-24-13-25-14)23(30)28-12-21-26-27-22(29(21)18-7-5-4-6-17(18)28)15-8-9-19(31-2)20(10-15)32-3/h8-11,13,17-18H,4-7,12H2,1-3H3. The van der Waals surface area contributed by atoms with Crippen LogP contribution in [0, 0.1) is 6.92 Å². The molecule has 1 fully saturated rings. The Morgan fingerprint density at radius 3 is 2.59 bits per heavy atom. The lowest BCUT2D eigenvalue weighted by molar-refractivity contribution is 0.0419. The summed E-state index contributed by atoms with van der Waals surface area (Å²) in [5.74, 6) is 2.86. The topological polar surface area (TPSA) is 95.3 Å². The molecule has 0 bridgehead atoms. The fraction of sp³-hybridized carbons (Fsp3) is 0.435. The van der Waals surface area contributed by atoms with Crippen molar-refractivity contribution in [3.63, 3.8) is 0 Å². The van der Waals surface area contributed by atoms with Gasteiger partial charge in [0.15, 0.2) is 23.1 Å². The van der Waals surface area contributed by atoms with Crippen LogP contribution in [0.1, 0.15) is 53.6 Å². The van der Waals surface area contributed by atoms with Gasteiger partial charge in [-0.25, -0.2) is 9.97 Å². The van der Waals surface area contributed by atoms with Crippen LogP contribution in [0.5, 0.6) is 11.5 Å². The molecule has 0 spiro atoms. The second kappa shape index (κ2) is 8.22. The van der Waals surface area contributed by atoms with Gasteiger partial charge < -0.3 is 18.9 Å². The number of methoxy groups -OCH3 is 2. The predicted molar refractivity (Wildman–Crippen MR) is 116 cm³/mol. The molecule has 2 unspecified atom stereocenters. The maximum absolute atomic E-state index is 13.5. The molecule has 2 atom stereocenters. The Morgan fingerprint density at radius 2 is 1.84 bits per heavy atom. The molecule has 1 amide bonds. The van der Waals surface area contributed by atoms with Gasteiger partial charge in [-0.3, -0.25) is 4.79 Å². The van der Waals surface area contributed by atoms with Crippen molar-refractivity contribution in [1.29, 1.82) is 0 Å². The van der Waals surface area contributed by atoms with Crippen molar-refractivity contribution in [2.75, 3.05) is 14.2 Å². The average molecular weight is 435 g/mol. The smallest absolute Gasteiger partial charge is 0.258 e. The molecule has 1 aliphatic heterocycles. The number of carbonyl (C=O) groups excluding carboxylic acids is 1. The Kier molecular flexibility index (Phi) is 5.24. The normalized spacial score (nSPS) is 19.8. The molecule has 0 N–H and O–H groups in total. The van der Waals surface area contributed by atoms with E-state index in [-0.39, 0.29) is 18.0 Å². The van der Waals surface area contributed by atoms with Gasteiger partial charge in [0.2, 0.25) is 0 Å². The summed E-state index contributed by atoms with van der Waals surface area (Å²) < 4.78 is 13.1. The molecular formula is C23H26N6O3. The lowest BCUT2D eigenvalue weighted by atomic mass is 9.86. The third-order valence-electron chi connectivity index (χ3n) is 6.55. The number of carbonyl (C=O) groups is 1. The second-order valence-electron chi connectivity index (χ2n) is 8.25. The highest BCUT2D eigenvalue weighted by molar-refractivity contribution is 5.95. The minimum atomic E-state index is -0.0399. The second-order valence-corrected chi connectivity index (χ2v) is 8.25. The van der Waals surface area contributed by atoms with Gasteiger partial charge >= 0.3 is 0 Å². The summed E-state index contributed by atoms with van der Waals surface area (Å²) in [4.78, 5) is 23.7. The van der Waals surface area contributed by atoms with E-state index in [1.165, 1.54) is 6.33 Å². The van der Waals surface area contributed by atoms with E-state index in [4.69, 9.17) is 9.47 Å². The summed E-state index contributed by atoms with van der Waals surface area (Å²) in [6, 6.07) is 5.98. The van der Waals surface area contributed by atoms with E-state index < -0.39 is 0 Å². The van der Waals surface area contributed by atoms with Gasteiger partial charge in [0.1, 0.15) is 6.33 Å². The van der Waals surface area contributed by atoms with E-state index in [9.17, 15) is 4.79 Å². The molecule has 0 saturated heterocycles. The number of rotatable bonds is 4. The fourth-order valence-corrected chi connectivity index (χ4v) is 4.96. The molecule has 1 aromatic carbocycles. The van der Waals surface area contributed by atoms with Crippen molar-refractivity contribution < 1.29 is 14.3 Å². The number of nitrogens with zero attached hydrogens (tertiary/aromatic N) is 6. The molecule has 2 aromatic heterocycles. The Balaban J connectivity index is 1.56. The monoisotopic (exact) mass is 434 g/mol. The number of benzene rings is 1. The molecular weight excluding hydrogens is 408 g/mol. The Labute approximate surface area is 186 Å². The van der Waals surface area contributed by atoms with Gasteiger partial charge in [-0.2, -0.15) is 0 Å². The minimum Gasteiger partial charge on any atom is -0.493 e. The van der Waals surface area contributed by atoms with Gasteiger partial charge in [0.25, 0.3) is 5.91 Å². The van der Waals surface area contributed by atoms with Crippen LogP contribution in [0.25, 0.3) is 11.4 Å². The number of amides is 1. The first-order chi connectivity index (χ1) is 15.6. The largest absolute Gasteiger partial charge is 0.493 e. The summed E-state index contributed by atoms with van der Waals surface area (Å²) in [6.45, 7) is 2.25. The zero-order valence-electron chi connectivity index (χ0n) is 18.5. The van der Waals surface area contributed by atoms with E-state index in [1.807, 2.05) is 30.0 Å². The van der Waals surface area contributed by atoms with E-state index in [0.717, 1.165) is 42.9 Å². The lowest BCUT2D eigenvalue weighted by Gasteiger charge is -2.44. The third-order valence-corrected chi connectivity index (χ3v) is 6.55. The van der Waals surface area contributed by atoms with E-state index in [2.05, 4.69) is 24.7 Å². The van der Waals surface area contributed by atoms with Crippen LogP contribution in [0.15, 0.2) is 30.7 Å². The maximum atomic E-state index is 13.5. The lowest BCUT2D eigenvalue weighted by Crippen LogP contribution is -2.50. The van der Waals surface area contributed by atoms with Crippen LogP contribution in [0.4, 0.5) is 0 Å². The van der Waals surface area contributed by atoms with E-state index in [1.54, 1.807) is 20.4 Å². The highest BCUT2D eigenvalue weighted by Gasteiger charge is 2.41. The number of hydrogen-bond acceptors (Lipinski definition) is 7. The molecule has 32 heavy (non-hydrogen) atoms. The summed E-state index contributed by atoms with van der Waals surface area (Å²) in [6.07, 6.45) is 7.21. The Hall–Kier alpha value is -3.49. The molecule has 1 aliphatic carbocycles.